The molecule has 0 aromatic heterocycles. The summed E-state index contributed by atoms with van der Waals surface area (Å²) >= 11 is 0. The van der Waals surface area contributed by atoms with Crippen molar-refractivity contribution in [3.8, 4) is 11.5 Å². The monoisotopic (exact) mass is 684 g/mol. The van der Waals surface area contributed by atoms with Crippen molar-refractivity contribution in [2.75, 3.05) is 31.3 Å². The summed E-state index contributed by atoms with van der Waals surface area (Å²) in [5.74, 6) is -0.622. The van der Waals surface area contributed by atoms with Crippen LogP contribution in [-0.4, -0.2) is 43.9 Å². The van der Waals surface area contributed by atoms with E-state index < -0.39 is 30.5 Å². The molecule has 0 saturated heterocycles. The minimum absolute atomic E-state index is 0.0693. The average Bonchev–Trinajstić information content (AvgIpc) is 3.06. The van der Waals surface area contributed by atoms with Crippen molar-refractivity contribution in [3.05, 3.63) is 89.5 Å². The second-order valence-corrected chi connectivity index (χ2v) is 11.4. The number of hydrogen-bond donors (Lipinski definition) is 2. The molecule has 9 nitrogen and oxygen atoms in total. The first-order valence-electron chi connectivity index (χ1n) is 16.3. The number of alkyl halides is 3. The Balaban J connectivity index is 1.22. The molecule has 0 aliphatic heterocycles. The van der Waals surface area contributed by atoms with E-state index in [0.717, 1.165) is 44.1 Å². The SMILES string of the molecule is Nc1cc(N)cc(C(=O)OCCCCCCCCOC(=O)/C=C/c2ccc(OC(=O)c3ccc(OCCCCCC(F)(F)F)cc3)cc2)c1. The van der Waals surface area contributed by atoms with Gasteiger partial charge in [0.25, 0.3) is 0 Å². The van der Waals surface area contributed by atoms with Gasteiger partial charge in [0, 0.05) is 23.9 Å². The Morgan fingerprint density at radius 1 is 0.612 bits per heavy atom. The number of benzene rings is 3. The molecule has 0 bridgehead atoms. The predicted molar refractivity (Wildman–Crippen MR) is 181 cm³/mol. The number of anilines is 2. The van der Waals surface area contributed by atoms with Gasteiger partial charge in [0.05, 0.1) is 30.9 Å². The highest BCUT2D eigenvalue weighted by Gasteiger charge is 2.25. The van der Waals surface area contributed by atoms with Crippen LogP contribution < -0.4 is 20.9 Å². The average molecular weight is 685 g/mol. The number of unbranched alkanes of at least 4 members (excludes halogenated alkanes) is 7. The molecule has 0 aliphatic carbocycles. The Labute approximate surface area is 284 Å². The zero-order chi connectivity index (χ0) is 35.5. The number of hydrogen-bond acceptors (Lipinski definition) is 9. The summed E-state index contributed by atoms with van der Waals surface area (Å²) < 4.78 is 58.0. The van der Waals surface area contributed by atoms with E-state index >= 15 is 0 Å². The molecule has 0 radical (unpaired) electrons. The van der Waals surface area contributed by atoms with Crippen LogP contribution in [0.5, 0.6) is 11.5 Å². The van der Waals surface area contributed by atoms with E-state index in [1.807, 2.05) is 0 Å². The number of rotatable bonds is 20. The van der Waals surface area contributed by atoms with E-state index in [1.165, 1.54) is 18.2 Å². The van der Waals surface area contributed by atoms with E-state index in [4.69, 9.17) is 30.4 Å². The summed E-state index contributed by atoms with van der Waals surface area (Å²) in [7, 11) is 0. The van der Waals surface area contributed by atoms with Gasteiger partial charge in [0.1, 0.15) is 11.5 Å². The summed E-state index contributed by atoms with van der Waals surface area (Å²) in [6, 6.07) is 17.6. The van der Waals surface area contributed by atoms with Gasteiger partial charge in [-0.3, -0.25) is 0 Å². The predicted octanol–water partition coefficient (Wildman–Crippen LogP) is 8.33. The van der Waals surface area contributed by atoms with Crippen molar-refractivity contribution >= 4 is 35.4 Å². The molecule has 3 aromatic carbocycles. The first-order chi connectivity index (χ1) is 23.5. The first-order valence-corrected chi connectivity index (χ1v) is 16.3. The second-order valence-electron chi connectivity index (χ2n) is 11.4. The van der Waals surface area contributed by atoms with E-state index in [-0.39, 0.29) is 13.0 Å². The van der Waals surface area contributed by atoms with Crippen molar-refractivity contribution in [2.45, 2.75) is 70.4 Å². The Morgan fingerprint density at radius 2 is 1.16 bits per heavy atom. The third kappa shape index (κ3) is 16.1. The molecular formula is C37H43F3N2O7. The van der Waals surface area contributed by atoms with Gasteiger partial charge in [-0.15, -0.1) is 0 Å². The lowest BCUT2D eigenvalue weighted by molar-refractivity contribution is -0.138. The fourth-order valence-electron chi connectivity index (χ4n) is 4.63. The number of carbonyl (C=O) groups excluding carboxylic acids is 3. The summed E-state index contributed by atoms with van der Waals surface area (Å²) in [4.78, 5) is 36.6. The van der Waals surface area contributed by atoms with Crippen LogP contribution in [0.25, 0.3) is 6.08 Å². The summed E-state index contributed by atoms with van der Waals surface area (Å²) in [5.41, 5.74) is 13.6. The summed E-state index contributed by atoms with van der Waals surface area (Å²) in [6.45, 7) is 0.925. The molecule has 0 amide bonds. The molecule has 0 aliphatic rings. The van der Waals surface area contributed by atoms with Crippen LogP contribution in [0.2, 0.25) is 0 Å². The zero-order valence-electron chi connectivity index (χ0n) is 27.3. The van der Waals surface area contributed by atoms with Gasteiger partial charge in [-0.1, -0.05) is 37.8 Å². The quantitative estimate of drug-likeness (QED) is 0.0395. The van der Waals surface area contributed by atoms with Gasteiger partial charge < -0.3 is 30.4 Å². The molecule has 0 spiro atoms. The summed E-state index contributed by atoms with van der Waals surface area (Å²) in [6.07, 6.45) is 4.28. The van der Waals surface area contributed by atoms with Gasteiger partial charge in [0.2, 0.25) is 0 Å². The zero-order valence-corrected chi connectivity index (χ0v) is 27.3. The lowest BCUT2D eigenvalue weighted by Crippen LogP contribution is -2.08. The fourth-order valence-corrected chi connectivity index (χ4v) is 4.63. The molecule has 0 heterocycles. The second kappa shape index (κ2) is 20.4. The van der Waals surface area contributed by atoms with Gasteiger partial charge in [-0.25, -0.2) is 14.4 Å². The minimum Gasteiger partial charge on any atom is -0.494 e. The van der Waals surface area contributed by atoms with Crippen molar-refractivity contribution in [2.24, 2.45) is 0 Å². The highest BCUT2D eigenvalue weighted by Crippen LogP contribution is 2.23. The number of esters is 3. The van der Waals surface area contributed by atoms with Crippen LogP contribution in [0.3, 0.4) is 0 Å². The van der Waals surface area contributed by atoms with E-state index in [2.05, 4.69) is 0 Å². The molecule has 0 fully saturated rings. The highest BCUT2D eigenvalue weighted by atomic mass is 19.4. The molecule has 0 saturated carbocycles. The smallest absolute Gasteiger partial charge is 0.389 e. The van der Waals surface area contributed by atoms with Gasteiger partial charge in [-0.05, 0) is 98.3 Å². The lowest BCUT2D eigenvalue weighted by atomic mass is 10.1. The van der Waals surface area contributed by atoms with Crippen molar-refractivity contribution in [3.63, 3.8) is 0 Å². The molecule has 12 heteroatoms. The number of ether oxygens (including phenoxy) is 4. The number of nitrogen functional groups attached to an aromatic ring is 2. The third-order valence-electron chi connectivity index (χ3n) is 7.20. The molecule has 0 atom stereocenters. The maximum absolute atomic E-state index is 12.5. The third-order valence-corrected chi connectivity index (χ3v) is 7.20. The molecule has 0 unspecified atom stereocenters. The Hall–Kier alpha value is -5.00. The number of carbonyl (C=O) groups is 3. The maximum atomic E-state index is 12.5. The van der Waals surface area contributed by atoms with Gasteiger partial charge >= 0.3 is 24.1 Å². The number of nitrogens with two attached hydrogens (primary N) is 2. The molecule has 264 valence electrons. The Morgan fingerprint density at radius 3 is 1.80 bits per heavy atom. The van der Waals surface area contributed by atoms with Gasteiger partial charge in [-0.2, -0.15) is 13.2 Å². The standard InChI is InChI=1S/C37H43F3N2O7/c38-37(39,40)20-6-5-9-21-46-32-17-13-28(14-18-32)36(45)49-33-15-10-27(11-16-33)12-19-34(43)47-22-7-3-1-2-4-8-23-48-35(44)29-24-30(41)26-31(42)25-29/h10-19,24-26H,1-9,20-23,41-42H2/b19-12+. The molecular weight excluding hydrogens is 641 g/mol. The first kappa shape index (κ1) is 38.4. The molecule has 4 N–H and O–H groups in total. The Bertz CT molecular complexity index is 1490. The normalized spacial score (nSPS) is 11.3. The molecule has 3 aromatic rings. The van der Waals surface area contributed by atoms with Crippen LogP contribution in [0, 0.1) is 0 Å². The van der Waals surface area contributed by atoms with Crippen molar-refractivity contribution in [1.82, 2.24) is 0 Å². The topological polar surface area (TPSA) is 140 Å². The van der Waals surface area contributed by atoms with Crippen LogP contribution in [0.4, 0.5) is 24.5 Å². The van der Waals surface area contributed by atoms with E-state index in [0.29, 0.717) is 60.1 Å². The lowest BCUT2D eigenvalue weighted by Gasteiger charge is -2.08. The largest absolute Gasteiger partial charge is 0.494 e. The van der Waals surface area contributed by atoms with Crippen molar-refractivity contribution < 1.29 is 46.5 Å². The minimum atomic E-state index is -4.13. The van der Waals surface area contributed by atoms with Crippen molar-refractivity contribution in [1.29, 1.82) is 0 Å². The van der Waals surface area contributed by atoms with Crippen LogP contribution in [-0.2, 0) is 14.3 Å². The Kier molecular flexibility index (Phi) is 16.0. The van der Waals surface area contributed by atoms with Crippen LogP contribution in [0.1, 0.15) is 90.5 Å². The summed E-state index contributed by atoms with van der Waals surface area (Å²) in [5, 5.41) is 0. The molecule has 49 heavy (non-hydrogen) atoms. The van der Waals surface area contributed by atoms with E-state index in [9.17, 15) is 27.6 Å². The van der Waals surface area contributed by atoms with Gasteiger partial charge in [0.15, 0.2) is 0 Å². The highest BCUT2D eigenvalue weighted by molar-refractivity contribution is 5.92. The van der Waals surface area contributed by atoms with Crippen LogP contribution in [0.15, 0.2) is 72.8 Å². The molecule has 3 rings (SSSR count). The number of halogens is 3. The maximum Gasteiger partial charge on any atom is 0.389 e. The van der Waals surface area contributed by atoms with Crippen LogP contribution >= 0.6 is 0 Å². The fraction of sp³-hybridized carbons (Fsp3) is 0.378. The van der Waals surface area contributed by atoms with E-state index in [1.54, 1.807) is 60.7 Å².